The highest BCUT2D eigenvalue weighted by Crippen LogP contribution is 2.42. The van der Waals surface area contributed by atoms with Crippen molar-refractivity contribution in [1.82, 2.24) is 5.16 Å². The lowest BCUT2D eigenvalue weighted by Gasteiger charge is -2.11. The summed E-state index contributed by atoms with van der Waals surface area (Å²) in [5.74, 6) is -0.458. The molecule has 2 aromatic rings. The number of carbonyl (C=O) groups is 1. The van der Waals surface area contributed by atoms with Crippen molar-refractivity contribution in [2.24, 2.45) is 0 Å². The molecule has 1 atom stereocenters. The number of nitrogens with zero attached hydrogens (tertiary/aromatic N) is 1. The molecule has 116 valence electrons. The van der Waals surface area contributed by atoms with E-state index in [4.69, 9.17) is 9.26 Å². The fourth-order valence-corrected chi connectivity index (χ4v) is 3.31. The van der Waals surface area contributed by atoms with Crippen LogP contribution < -0.4 is 4.74 Å². The van der Waals surface area contributed by atoms with E-state index in [9.17, 15) is 13.4 Å². The van der Waals surface area contributed by atoms with Gasteiger partial charge in [-0.1, -0.05) is 5.16 Å². The maximum Gasteiger partial charge on any atom is 0.199 e. The molecule has 3 rings (SSSR count). The van der Waals surface area contributed by atoms with E-state index in [1.807, 2.05) is 0 Å². The second kappa shape index (κ2) is 5.64. The summed E-state index contributed by atoms with van der Waals surface area (Å²) < 4.78 is 35.9. The Morgan fingerprint density at radius 3 is 2.73 bits per heavy atom. The number of rotatable bonds is 5. The molecule has 0 aliphatic heterocycles. The predicted molar refractivity (Wildman–Crippen MR) is 77.2 cm³/mol. The highest BCUT2D eigenvalue weighted by molar-refractivity contribution is 7.84. The van der Waals surface area contributed by atoms with Gasteiger partial charge in [-0.25, -0.2) is 4.39 Å². The molecular formula is C15H14FNO4S. The monoisotopic (exact) mass is 323 g/mol. The molecule has 5 nitrogen and oxygen atoms in total. The molecule has 1 saturated carbocycles. The van der Waals surface area contributed by atoms with Gasteiger partial charge in [0.1, 0.15) is 0 Å². The van der Waals surface area contributed by atoms with E-state index in [1.54, 1.807) is 0 Å². The van der Waals surface area contributed by atoms with Crippen LogP contribution in [0.15, 0.2) is 27.7 Å². The Hall–Kier alpha value is -2.02. The normalized spacial score (nSPS) is 15.6. The first-order valence-corrected chi connectivity index (χ1v) is 8.29. The van der Waals surface area contributed by atoms with Crippen molar-refractivity contribution < 1.29 is 22.7 Å². The summed E-state index contributed by atoms with van der Waals surface area (Å²) >= 11 is 0. The number of ether oxygens (including phenoxy) is 1. The van der Waals surface area contributed by atoms with Crippen LogP contribution in [0.25, 0.3) is 0 Å². The number of hydrogen-bond donors (Lipinski definition) is 0. The standard InChI is InChI=1S/C15H14FNO4S/c1-20-14-11(16)6-5-9(15(14)22(2)19)12(18)10-7-17-21-13(10)8-3-4-8/h5-8H,3-4H2,1-2H3. The first-order chi connectivity index (χ1) is 10.5. The van der Waals surface area contributed by atoms with Gasteiger partial charge in [-0.3, -0.25) is 9.00 Å². The lowest BCUT2D eigenvalue weighted by molar-refractivity contribution is 0.103. The number of carbonyl (C=O) groups excluding carboxylic acids is 1. The zero-order valence-electron chi connectivity index (χ0n) is 12.1. The van der Waals surface area contributed by atoms with Crippen molar-refractivity contribution in [3.05, 3.63) is 41.0 Å². The Morgan fingerprint density at radius 1 is 1.41 bits per heavy atom. The van der Waals surface area contributed by atoms with Gasteiger partial charge in [0.05, 0.1) is 34.6 Å². The van der Waals surface area contributed by atoms with Crippen LogP contribution in [0, 0.1) is 5.82 Å². The largest absolute Gasteiger partial charge is 0.492 e. The Kier molecular flexibility index (Phi) is 3.82. The number of halogens is 1. The van der Waals surface area contributed by atoms with E-state index >= 15 is 0 Å². The third kappa shape index (κ3) is 2.45. The highest BCUT2D eigenvalue weighted by atomic mass is 32.2. The number of hydrogen-bond acceptors (Lipinski definition) is 5. The first kappa shape index (κ1) is 14.9. The molecule has 0 radical (unpaired) electrons. The van der Waals surface area contributed by atoms with Crippen LogP contribution in [-0.2, 0) is 10.8 Å². The predicted octanol–water partition coefficient (Wildman–Crippen LogP) is 2.67. The second-order valence-corrected chi connectivity index (χ2v) is 6.44. The molecule has 22 heavy (non-hydrogen) atoms. The minimum atomic E-state index is -1.58. The van der Waals surface area contributed by atoms with E-state index in [0.29, 0.717) is 11.3 Å². The van der Waals surface area contributed by atoms with Crippen LogP contribution in [0.3, 0.4) is 0 Å². The second-order valence-electron chi connectivity index (χ2n) is 5.12. The number of benzene rings is 1. The third-order valence-electron chi connectivity index (χ3n) is 3.59. The van der Waals surface area contributed by atoms with Gasteiger partial charge >= 0.3 is 0 Å². The van der Waals surface area contributed by atoms with Crippen LogP contribution in [0.4, 0.5) is 4.39 Å². The van der Waals surface area contributed by atoms with E-state index in [0.717, 1.165) is 18.9 Å². The van der Waals surface area contributed by atoms with E-state index in [-0.39, 0.29) is 27.9 Å². The summed E-state index contributed by atoms with van der Waals surface area (Å²) in [6, 6.07) is 2.45. The van der Waals surface area contributed by atoms with E-state index < -0.39 is 16.6 Å². The molecular weight excluding hydrogens is 309 g/mol. The summed E-state index contributed by atoms with van der Waals surface area (Å²) in [6.07, 6.45) is 4.64. The molecule has 1 aliphatic rings. The maximum absolute atomic E-state index is 13.8. The molecule has 7 heteroatoms. The van der Waals surface area contributed by atoms with Crippen molar-refractivity contribution in [2.45, 2.75) is 23.7 Å². The van der Waals surface area contributed by atoms with Crippen molar-refractivity contribution in [1.29, 1.82) is 0 Å². The molecule has 0 N–H and O–H groups in total. The third-order valence-corrected chi connectivity index (χ3v) is 4.57. The molecule has 1 aliphatic carbocycles. The van der Waals surface area contributed by atoms with Crippen molar-refractivity contribution in [2.75, 3.05) is 13.4 Å². The smallest absolute Gasteiger partial charge is 0.199 e. The average molecular weight is 323 g/mol. The molecule has 1 heterocycles. The molecule has 1 aromatic heterocycles. The van der Waals surface area contributed by atoms with Gasteiger partial charge in [0, 0.05) is 17.7 Å². The number of methoxy groups -OCH3 is 1. The zero-order valence-corrected chi connectivity index (χ0v) is 12.9. The molecule has 0 spiro atoms. The lowest BCUT2D eigenvalue weighted by atomic mass is 10.0. The van der Waals surface area contributed by atoms with Crippen LogP contribution in [0.2, 0.25) is 0 Å². The zero-order chi connectivity index (χ0) is 15.9. The fraction of sp³-hybridized carbons (Fsp3) is 0.333. The Morgan fingerprint density at radius 2 is 2.14 bits per heavy atom. The molecule has 0 saturated heterocycles. The number of aromatic nitrogens is 1. The topological polar surface area (TPSA) is 69.4 Å². The minimum Gasteiger partial charge on any atom is -0.492 e. The number of ketones is 1. The Labute approximate surface area is 128 Å². The fourth-order valence-electron chi connectivity index (χ4n) is 2.40. The molecule has 0 amide bonds. The van der Waals surface area contributed by atoms with Crippen LogP contribution in [0.1, 0.15) is 40.4 Å². The summed E-state index contributed by atoms with van der Waals surface area (Å²) in [4.78, 5) is 12.8. The highest BCUT2D eigenvalue weighted by Gasteiger charge is 2.34. The van der Waals surface area contributed by atoms with Gasteiger partial charge < -0.3 is 9.26 Å². The summed E-state index contributed by atoms with van der Waals surface area (Å²) in [6.45, 7) is 0. The van der Waals surface area contributed by atoms with E-state index in [1.165, 1.54) is 25.6 Å². The molecule has 0 bridgehead atoms. The Balaban J connectivity index is 2.13. The summed E-state index contributed by atoms with van der Waals surface area (Å²) in [5, 5.41) is 3.69. The molecule has 1 unspecified atom stereocenters. The van der Waals surface area contributed by atoms with Gasteiger partial charge in [-0.05, 0) is 25.0 Å². The lowest BCUT2D eigenvalue weighted by Crippen LogP contribution is -2.10. The van der Waals surface area contributed by atoms with Gasteiger partial charge in [0.25, 0.3) is 0 Å². The van der Waals surface area contributed by atoms with Crippen molar-refractivity contribution in [3.8, 4) is 5.75 Å². The van der Waals surface area contributed by atoms with Crippen LogP contribution >= 0.6 is 0 Å². The van der Waals surface area contributed by atoms with E-state index in [2.05, 4.69) is 5.16 Å². The van der Waals surface area contributed by atoms with Crippen LogP contribution in [-0.4, -0.2) is 28.5 Å². The average Bonchev–Trinajstić information content (AvgIpc) is 3.23. The maximum atomic E-state index is 13.8. The van der Waals surface area contributed by atoms with Crippen molar-refractivity contribution in [3.63, 3.8) is 0 Å². The SMILES string of the molecule is COc1c(F)ccc(C(=O)c2cnoc2C2CC2)c1S(C)=O. The first-order valence-electron chi connectivity index (χ1n) is 6.73. The van der Waals surface area contributed by atoms with Gasteiger partial charge in [0.2, 0.25) is 0 Å². The van der Waals surface area contributed by atoms with Crippen LogP contribution in [0.5, 0.6) is 5.75 Å². The van der Waals surface area contributed by atoms with Gasteiger partial charge in [0.15, 0.2) is 23.1 Å². The van der Waals surface area contributed by atoms with Crippen molar-refractivity contribution >= 4 is 16.6 Å². The van der Waals surface area contributed by atoms with Gasteiger partial charge in [-0.15, -0.1) is 0 Å². The quantitative estimate of drug-likeness (QED) is 0.791. The van der Waals surface area contributed by atoms with Gasteiger partial charge in [-0.2, -0.15) is 0 Å². The molecule has 1 aromatic carbocycles. The summed E-state index contributed by atoms with van der Waals surface area (Å²) in [5.41, 5.74) is 0.479. The minimum absolute atomic E-state index is 0.0513. The Bertz CT molecular complexity index is 767. The molecule has 1 fully saturated rings. The summed E-state index contributed by atoms with van der Waals surface area (Å²) in [7, 11) is -0.307.